The molecule has 0 aromatic heterocycles. The summed E-state index contributed by atoms with van der Waals surface area (Å²) in [5.41, 5.74) is 0. The predicted octanol–water partition coefficient (Wildman–Crippen LogP) is 1.55. The van der Waals surface area contributed by atoms with Crippen LogP contribution in [0.25, 0.3) is 0 Å². The summed E-state index contributed by atoms with van der Waals surface area (Å²) in [4.78, 5) is 13.7. The summed E-state index contributed by atoms with van der Waals surface area (Å²) in [6.07, 6.45) is 1.24. The number of nitrogens with zero attached hydrogens (tertiary/aromatic N) is 3. The van der Waals surface area contributed by atoms with Crippen LogP contribution in [-0.4, -0.2) is 55.1 Å². The van der Waals surface area contributed by atoms with Crippen molar-refractivity contribution in [1.82, 2.24) is 9.80 Å². The van der Waals surface area contributed by atoms with E-state index >= 15 is 0 Å². The fraction of sp³-hybridized carbons (Fsp3) is 0.818. The van der Waals surface area contributed by atoms with Crippen molar-refractivity contribution >= 4 is 11.6 Å². The molecule has 0 N–H and O–H groups in total. The van der Waals surface area contributed by atoms with Crippen LogP contribution in [0.5, 0.6) is 0 Å². The second kappa shape index (κ2) is 6.24. The SMILES string of the molecule is CC1CC(CN(C)C(=C(Cl)[N+](=O)[O-])N(C)C)CO1. The predicted molar refractivity (Wildman–Crippen MR) is 69.7 cm³/mol. The monoisotopic (exact) mass is 277 g/mol. The molecule has 2 atom stereocenters. The summed E-state index contributed by atoms with van der Waals surface area (Å²) < 4.78 is 5.49. The summed E-state index contributed by atoms with van der Waals surface area (Å²) >= 11 is 5.75. The van der Waals surface area contributed by atoms with Gasteiger partial charge in [-0.15, -0.1) is 0 Å². The van der Waals surface area contributed by atoms with Crippen LogP contribution in [-0.2, 0) is 4.74 Å². The Morgan fingerprint density at radius 2 is 2.11 bits per heavy atom. The van der Waals surface area contributed by atoms with Gasteiger partial charge in [0.2, 0.25) is 0 Å². The molecule has 0 spiro atoms. The van der Waals surface area contributed by atoms with E-state index in [0.717, 1.165) is 6.42 Å². The van der Waals surface area contributed by atoms with Gasteiger partial charge in [-0.05, 0) is 24.9 Å². The summed E-state index contributed by atoms with van der Waals surface area (Å²) in [7, 11) is 5.29. The van der Waals surface area contributed by atoms with Gasteiger partial charge in [-0.1, -0.05) is 0 Å². The van der Waals surface area contributed by atoms with Gasteiger partial charge in [0.25, 0.3) is 0 Å². The number of halogens is 1. The first-order valence-corrected chi connectivity index (χ1v) is 6.25. The van der Waals surface area contributed by atoms with Gasteiger partial charge in [-0.25, -0.2) is 0 Å². The summed E-state index contributed by atoms with van der Waals surface area (Å²) in [6, 6.07) is 0. The molecule has 0 saturated carbocycles. The maximum atomic E-state index is 10.8. The minimum absolute atomic E-state index is 0.265. The van der Waals surface area contributed by atoms with Crippen molar-refractivity contribution in [1.29, 1.82) is 0 Å². The van der Waals surface area contributed by atoms with Crippen molar-refractivity contribution in [2.45, 2.75) is 19.4 Å². The normalized spacial score (nSPS) is 24.7. The lowest BCUT2D eigenvalue weighted by Gasteiger charge is -2.28. The first-order chi connectivity index (χ1) is 8.32. The van der Waals surface area contributed by atoms with Crippen LogP contribution in [0.2, 0.25) is 0 Å². The van der Waals surface area contributed by atoms with E-state index in [4.69, 9.17) is 16.3 Å². The van der Waals surface area contributed by atoms with Crippen LogP contribution in [0.1, 0.15) is 13.3 Å². The topological polar surface area (TPSA) is 58.8 Å². The number of ether oxygens (including phenoxy) is 1. The fourth-order valence-electron chi connectivity index (χ4n) is 2.27. The van der Waals surface area contributed by atoms with Crippen LogP contribution < -0.4 is 0 Å². The Hall–Kier alpha value is -1.01. The summed E-state index contributed by atoms with van der Waals surface area (Å²) in [5, 5.41) is 10.4. The zero-order valence-electron chi connectivity index (χ0n) is 11.2. The molecule has 0 aliphatic carbocycles. The molecule has 0 aromatic rings. The highest BCUT2D eigenvalue weighted by Gasteiger charge is 2.27. The Morgan fingerprint density at radius 3 is 2.50 bits per heavy atom. The van der Waals surface area contributed by atoms with Gasteiger partial charge >= 0.3 is 5.16 Å². The fourth-order valence-corrected chi connectivity index (χ4v) is 2.59. The van der Waals surface area contributed by atoms with Crippen molar-refractivity contribution in [3.8, 4) is 0 Å². The van der Waals surface area contributed by atoms with Gasteiger partial charge in [-0.3, -0.25) is 10.1 Å². The minimum Gasteiger partial charge on any atom is -0.378 e. The molecule has 6 nitrogen and oxygen atoms in total. The number of rotatable bonds is 5. The Balaban J connectivity index is 2.75. The average molecular weight is 278 g/mol. The standard InChI is InChI=1S/C11H20ClN3O3/c1-8-5-9(7-18-8)6-14(4)11(13(2)3)10(12)15(16)17/h8-9H,5-7H2,1-4H3. The van der Waals surface area contributed by atoms with E-state index in [9.17, 15) is 10.1 Å². The van der Waals surface area contributed by atoms with Gasteiger partial charge in [0.1, 0.15) is 0 Å². The largest absolute Gasteiger partial charge is 0.378 e. The molecule has 104 valence electrons. The second-order valence-corrected chi connectivity index (χ2v) is 5.25. The van der Waals surface area contributed by atoms with Gasteiger partial charge in [-0.2, -0.15) is 0 Å². The molecule has 18 heavy (non-hydrogen) atoms. The highest BCUT2D eigenvalue weighted by Crippen LogP contribution is 2.23. The van der Waals surface area contributed by atoms with Gasteiger partial charge in [0.05, 0.1) is 17.6 Å². The van der Waals surface area contributed by atoms with Crippen LogP contribution in [0.4, 0.5) is 0 Å². The Kier molecular flexibility index (Phi) is 5.22. The lowest BCUT2D eigenvalue weighted by atomic mass is 10.1. The van der Waals surface area contributed by atoms with Crippen molar-refractivity contribution in [3.05, 3.63) is 21.1 Å². The van der Waals surface area contributed by atoms with E-state index in [1.807, 2.05) is 18.9 Å². The van der Waals surface area contributed by atoms with Crippen LogP contribution in [0, 0.1) is 16.0 Å². The van der Waals surface area contributed by atoms with Crippen LogP contribution in [0.3, 0.4) is 0 Å². The number of nitro groups is 1. The molecule has 7 heteroatoms. The lowest BCUT2D eigenvalue weighted by Crippen LogP contribution is -2.34. The third-order valence-electron chi connectivity index (χ3n) is 2.94. The van der Waals surface area contributed by atoms with E-state index in [2.05, 4.69) is 0 Å². The molecule has 0 amide bonds. The van der Waals surface area contributed by atoms with E-state index < -0.39 is 4.92 Å². The molecule has 1 aliphatic heterocycles. The first-order valence-electron chi connectivity index (χ1n) is 5.87. The minimum atomic E-state index is -0.568. The second-order valence-electron chi connectivity index (χ2n) is 4.89. The first kappa shape index (κ1) is 15.0. The maximum Gasteiger partial charge on any atom is 0.377 e. The van der Waals surface area contributed by atoms with Gasteiger partial charge in [0.15, 0.2) is 5.82 Å². The zero-order chi connectivity index (χ0) is 13.9. The lowest BCUT2D eigenvalue weighted by molar-refractivity contribution is -0.415. The molecule has 0 bridgehead atoms. The van der Waals surface area contributed by atoms with E-state index in [-0.39, 0.29) is 11.3 Å². The zero-order valence-corrected chi connectivity index (χ0v) is 12.0. The number of hydrogen-bond acceptors (Lipinski definition) is 5. The van der Waals surface area contributed by atoms with Gasteiger partial charge in [0, 0.05) is 33.6 Å². The van der Waals surface area contributed by atoms with E-state index in [1.165, 1.54) is 0 Å². The third-order valence-corrected chi connectivity index (χ3v) is 3.25. The number of hydrogen-bond donors (Lipinski definition) is 0. The molecule has 1 fully saturated rings. The Morgan fingerprint density at radius 1 is 1.50 bits per heavy atom. The average Bonchev–Trinajstić information content (AvgIpc) is 2.63. The van der Waals surface area contributed by atoms with Crippen molar-refractivity contribution < 1.29 is 9.66 Å². The molecule has 0 radical (unpaired) electrons. The highest BCUT2D eigenvalue weighted by atomic mass is 35.5. The molecule has 0 aromatic carbocycles. The molecule has 1 aliphatic rings. The summed E-state index contributed by atoms with van der Waals surface area (Å²) in [5.74, 6) is 0.803. The molecule has 1 saturated heterocycles. The Labute approximate surface area is 112 Å². The smallest absolute Gasteiger partial charge is 0.377 e. The van der Waals surface area contributed by atoms with Gasteiger partial charge < -0.3 is 14.5 Å². The molecular formula is C11H20ClN3O3. The molecule has 1 heterocycles. The van der Waals surface area contributed by atoms with Crippen LogP contribution in [0.15, 0.2) is 11.0 Å². The summed E-state index contributed by atoms with van der Waals surface area (Å²) in [6.45, 7) is 3.43. The quantitative estimate of drug-likeness (QED) is 0.433. The highest BCUT2D eigenvalue weighted by molar-refractivity contribution is 6.28. The van der Waals surface area contributed by atoms with Crippen molar-refractivity contribution in [2.75, 3.05) is 34.3 Å². The Bertz CT molecular complexity index is 346. The van der Waals surface area contributed by atoms with Crippen LogP contribution >= 0.6 is 11.6 Å². The van der Waals surface area contributed by atoms with E-state index in [0.29, 0.717) is 24.9 Å². The van der Waals surface area contributed by atoms with Crippen molar-refractivity contribution in [2.24, 2.45) is 5.92 Å². The molecular weight excluding hydrogens is 258 g/mol. The third kappa shape index (κ3) is 3.74. The maximum absolute atomic E-state index is 10.8. The van der Waals surface area contributed by atoms with Crippen molar-refractivity contribution in [3.63, 3.8) is 0 Å². The molecule has 2 unspecified atom stereocenters. The molecule has 1 rings (SSSR count). The van der Waals surface area contributed by atoms with E-state index in [1.54, 1.807) is 19.0 Å².